The standard InChI is InChI=1S/C20H28FN3O4S/c1-14(2)18(22-19(25)15-3-5-16(21)6-4-15)20(26)24-10-8-23(9-11-24)17-7-12-29(27,28)13-17/h3-6,14,17-18H,7-13H2,1-2H3,(H,22,25)/t17?,18-/m0/s1. The van der Waals surface area contributed by atoms with E-state index in [1.54, 1.807) is 4.90 Å². The van der Waals surface area contributed by atoms with Crippen molar-refractivity contribution in [2.75, 3.05) is 37.7 Å². The Balaban J connectivity index is 1.58. The second-order valence-electron chi connectivity index (χ2n) is 8.12. The van der Waals surface area contributed by atoms with Gasteiger partial charge < -0.3 is 10.2 Å². The Morgan fingerprint density at radius 1 is 1.10 bits per heavy atom. The van der Waals surface area contributed by atoms with Gasteiger partial charge in [0.2, 0.25) is 5.91 Å². The number of hydrogen-bond acceptors (Lipinski definition) is 5. The van der Waals surface area contributed by atoms with Crippen molar-refractivity contribution in [3.63, 3.8) is 0 Å². The first-order valence-electron chi connectivity index (χ1n) is 9.96. The minimum atomic E-state index is -2.94. The number of amides is 2. The number of rotatable bonds is 5. The van der Waals surface area contributed by atoms with Crippen LogP contribution in [0, 0.1) is 11.7 Å². The fourth-order valence-corrected chi connectivity index (χ4v) is 5.67. The van der Waals surface area contributed by atoms with E-state index in [1.165, 1.54) is 24.3 Å². The quantitative estimate of drug-likeness (QED) is 0.758. The Labute approximate surface area is 171 Å². The zero-order chi connectivity index (χ0) is 21.2. The highest BCUT2D eigenvalue weighted by Crippen LogP contribution is 2.20. The molecular formula is C20H28FN3O4S. The second-order valence-corrected chi connectivity index (χ2v) is 10.3. The van der Waals surface area contributed by atoms with Crippen LogP contribution in [0.1, 0.15) is 30.6 Å². The van der Waals surface area contributed by atoms with E-state index in [-0.39, 0.29) is 29.4 Å². The van der Waals surface area contributed by atoms with Crippen LogP contribution in [0.15, 0.2) is 24.3 Å². The molecule has 3 rings (SSSR count). The summed E-state index contributed by atoms with van der Waals surface area (Å²) in [5.41, 5.74) is 0.303. The number of hydrogen-bond donors (Lipinski definition) is 1. The predicted molar refractivity (Wildman–Crippen MR) is 108 cm³/mol. The molecule has 2 aliphatic rings. The Bertz CT molecular complexity index is 849. The van der Waals surface area contributed by atoms with Crippen LogP contribution in [0.25, 0.3) is 0 Å². The lowest BCUT2D eigenvalue weighted by Crippen LogP contribution is -2.57. The van der Waals surface area contributed by atoms with Gasteiger partial charge in [0.15, 0.2) is 9.84 Å². The molecule has 0 radical (unpaired) electrons. The van der Waals surface area contributed by atoms with E-state index < -0.39 is 27.6 Å². The van der Waals surface area contributed by atoms with Gasteiger partial charge in [-0.15, -0.1) is 0 Å². The smallest absolute Gasteiger partial charge is 0.251 e. The molecule has 2 fully saturated rings. The van der Waals surface area contributed by atoms with Gasteiger partial charge in [0.1, 0.15) is 11.9 Å². The topological polar surface area (TPSA) is 86.8 Å². The highest BCUT2D eigenvalue weighted by Gasteiger charge is 2.36. The van der Waals surface area contributed by atoms with Crippen molar-refractivity contribution in [1.29, 1.82) is 0 Å². The molecule has 0 spiro atoms. The molecule has 2 heterocycles. The molecule has 9 heteroatoms. The molecule has 2 amide bonds. The maximum absolute atomic E-state index is 13.1. The SMILES string of the molecule is CC(C)[C@H](NC(=O)c1ccc(F)cc1)C(=O)N1CCN(C2CCS(=O)(=O)C2)CC1. The van der Waals surface area contributed by atoms with Crippen LogP contribution in [-0.4, -0.2) is 79.8 Å². The molecule has 1 unspecified atom stereocenters. The van der Waals surface area contributed by atoms with Gasteiger partial charge in [-0.05, 0) is 36.6 Å². The lowest BCUT2D eigenvalue weighted by atomic mass is 10.0. The monoisotopic (exact) mass is 425 g/mol. The van der Waals surface area contributed by atoms with Crippen molar-refractivity contribution in [3.05, 3.63) is 35.6 Å². The lowest BCUT2D eigenvalue weighted by Gasteiger charge is -2.39. The van der Waals surface area contributed by atoms with E-state index in [9.17, 15) is 22.4 Å². The summed E-state index contributed by atoms with van der Waals surface area (Å²) in [6, 6.07) is 4.57. The van der Waals surface area contributed by atoms with E-state index in [2.05, 4.69) is 10.2 Å². The molecule has 7 nitrogen and oxygen atoms in total. The van der Waals surface area contributed by atoms with Gasteiger partial charge in [-0.3, -0.25) is 14.5 Å². The van der Waals surface area contributed by atoms with Gasteiger partial charge in [0.05, 0.1) is 11.5 Å². The van der Waals surface area contributed by atoms with Crippen LogP contribution in [0.5, 0.6) is 0 Å². The third kappa shape index (κ3) is 5.33. The summed E-state index contributed by atoms with van der Waals surface area (Å²) in [6.07, 6.45) is 0.651. The highest BCUT2D eigenvalue weighted by atomic mass is 32.2. The molecule has 0 bridgehead atoms. The fraction of sp³-hybridized carbons (Fsp3) is 0.600. The minimum absolute atomic E-state index is 0.0383. The Morgan fingerprint density at radius 3 is 2.24 bits per heavy atom. The minimum Gasteiger partial charge on any atom is -0.340 e. The maximum Gasteiger partial charge on any atom is 0.251 e. The van der Waals surface area contributed by atoms with Crippen LogP contribution in [0.4, 0.5) is 4.39 Å². The van der Waals surface area contributed by atoms with Crippen molar-refractivity contribution in [2.45, 2.75) is 32.4 Å². The molecule has 1 aromatic rings. The summed E-state index contributed by atoms with van der Waals surface area (Å²) in [5, 5.41) is 2.78. The maximum atomic E-state index is 13.1. The summed E-state index contributed by atoms with van der Waals surface area (Å²) >= 11 is 0. The van der Waals surface area contributed by atoms with Crippen LogP contribution >= 0.6 is 0 Å². The molecule has 1 aromatic carbocycles. The number of nitrogens with zero attached hydrogens (tertiary/aromatic N) is 2. The summed E-state index contributed by atoms with van der Waals surface area (Å²) in [5.74, 6) is -0.651. The van der Waals surface area contributed by atoms with Gasteiger partial charge in [-0.1, -0.05) is 13.8 Å². The third-order valence-corrected chi connectivity index (χ3v) is 7.43. The van der Waals surface area contributed by atoms with E-state index in [4.69, 9.17) is 0 Å². The van der Waals surface area contributed by atoms with Crippen LogP contribution in [0.3, 0.4) is 0 Å². The molecule has 2 saturated heterocycles. The number of nitrogens with one attached hydrogen (secondary N) is 1. The van der Waals surface area contributed by atoms with Crippen LogP contribution < -0.4 is 5.32 Å². The lowest BCUT2D eigenvalue weighted by molar-refractivity contribution is -0.136. The summed E-state index contributed by atoms with van der Waals surface area (Å²) in [7, 11) is -2.94. The van der Waals surface area contributed by atoms with E-state index in [0.717, 1.165) is 0 Å². The molecule has 0 aliphatic carbocycles. The molecule has 0 saturated carbocycles. The number of carbonyl (C=O) groups is 2. The van der Waals surface area contributed by atoms with Crippen molar-refractivity contribution in [2.24, 2.45) is 5.92 Å². The number of halogens is 1. The first kappa shape index (κ1) is 21.7. The molecule has 160 valence electrons. The number of carbonyl (C=O) groups excluding carboxylic acids is 2. The number of piperazine rings is 1. The van der Waals surface area contributed by atoms with Gasteiger partial charge in [-0.2, -0.15) is 0 Å². The Morgan fingerprint density at radius 2 is 1.72 bits per heavy atom. The van der Waals surface area contributed by atoms with Crippen LogP contribution in [-0.2, 0) is 14.6 Å². The van der Waals surface area contributed by atoms with E-state index >= 15 is 0 Å². The van der Waals surface area contributed by atoms with E-state index in [1.807, 2.05) is 13.8 Å². The molecule has 0 aromatic heterocycles. The van der Waals surface area contributed by atoms with Crippen molar-refractivity contribution >= 4 is 21.7 Å². The molecular weight excluding hydrogens is 397 g/mol. The zero-order valence-corrected chi connectivity index (χ0v) is 17.6. The Hall–Kier alpha value is -2.00. The first-order chi connectivity index (χ1) is 13.7. The second kappa shape index (κ2) is 8.79. The summed E-state index contributed by atoms with van der Waals surface area (Å²) < 4.78 is 36.5. The van der Waals surface area contributed by atoms with Gasteiger partial charge in [-0.25, -0.2) is 12.8 Å². The zero-order valence-electron chi connectivity index (χ0n) is 16.8. The Kier molecular flexibility index (Phi) is 6.58. The van der Waals surface area contributed by atoms with E-state index in [0.29, 0.717) is 38.2 Å². The summed E-state index contributed by atoms with van der Waals surface area (Å²) in [4.78, 5) is 29.4. The average molecular weight is 426 g/mol. The van der Waals surface area contributed by atoms with Crippen molar-refractivity contribution in [3.8, 4) is 0 Å². The van der Waals surface area contributed by atoms with Gasteiger partial charge >= 0.3 is 0 Å². The van der Waals surface area contributed by atoms with Gasteiger partial charge in [0, 0.05) is 37.8 Å². The molecule has 29 heavy (non-hydrogen) atoms. The summed E-state index contributed by atoms with van der Waals surface area (Å²) in [6.45, 7) is 6.00. The molecule has 2 aliphatic heterocycles. The van der Waals surface area contributed by atoms with Gasteiger partial charge in [0.25, 0.3) is 5.91 Å². The first-order valence-corrected chi connectivity index (χ1v) is 11.8. The largest absolute Gasteiger partial charge is 0.340 e. The third-order valence-electron chi connectivity index (χ3n) is 5.68. The predicted octanol–water partition coefficient (Wildman–Crippen LogP) is 0.911. The normalized spacial score (nSPS) is 23.2. The number of sulfone groups is 1. The number of benzene rings is 1. The average Bonchev–Trinajstić information content (AvgIpc) is 3.05. The van der Waals surface area contributed by atoms with Crippen LogP contribution in [0.2, 0.25) is 0 Å². The highest BCUT2D eigenvalue weighted by molar-refractivity contribution is 7.91. The van der Waals surface area contributed by atoms with Crippen molar-refractivity contribution in [1.82, 2.24) is 15.1 Å². The fourth-order valence-electron chi connectivity index (χ4n) is 3.91. The van der Waals surface area contributed by atoms with Crippen molar-refractivity contribution < 1.29 is 22.4 Å². The molecule has 2 atom stereocenters. The molecule has 1 N–H and O–H groups in total.